The van der Waals surface area contributed by atoms with Gasteiger partial charge in [0.15, 0.2) is 0 Å². The van der Waals surface area contributed by atoms with E-state index in [1.165, 1.54) is 24.7 Å². The lowest BCUT2D eigenvalue weighted by Crippen LogP contribution is -2.45. The first-order valence-corrected chi connectivity index (χ1v) is 7.84. The number of carbonyl (C=O) groups is 1. The second-order valence-electron chi connectivity index (χ2n) is 6.02. The molecule has 3 rings (SSSR count). The van der Waals surface area contributed by atoms with Crippen LogP contribution in [0.5, 0.6) is 0 Å². The summed E-state index contributed by atoms with van der Waals surface area (Å²) < 4.78 is 13.2. The molecule has 5 nitrogen and oxygen atoms in total. The topological polar surface area (TPSA) is 78.0 Å². The molecule has 1 aromatic heterocycles. The number of rotatable bonds is 2. The smallest absolute Gasteiger partial charge is 0.269 e. The first kappa shape index (κ1) is 16.2. The molecule has 0 aliphatic heterocycles. The number of aliphatic hydroxyl groups is 1. The van der Waals surface area contributed by atoms with Crippen LogP contribution in [0.2, 0.25) is 0 Å². The van der Waals surface area contributed by atoms with Gasteiger partial charge < -0.3 is 15.4 Å². The molecule has 6 heteroatoms. The standard InChI is InChI=1S/C18H18FN3O2/c19-14-4-1-3-13(9-14)6-8-18(24)7-2-5-15(10-18)22-17(23)16-11-20-12-21-16/h1,3-4,9,11-12,15,24H,2,5,7,10H2,(H,20,21)(H,22,23)/t15-,18?/m1/s1. The summed E-state index contributed by atoms with van der Waals surface area (Å²) in [6.07, 6.45) is 5.30. The number of benzene rings is 1. The number of imidazole rings is 1. The molecule has 3 N–H and O–H groups in total. The summed E-state index contributed by atoms with van der Waals surface area (Å²) in [7, 11) is 0. The fourth-order valence-corrected chi connectivity index (χ4v) is 2.89. The van der Waals surface area contributed by atoms with E-state index in [4.69, 9.17) is 0 Å². The normalized spacial score (nSPS) is 23.2. The van der Waals surface area contributed by atoms with Gasteiger partial charge in [-0.05, 0) is 37.5 Å². The summed E-state index contributed by atoms with van der Waals surface area (Å²) >= 11 is 0. The number of nitrogens with one attached hydrogen (secondary N) is 2. The molecule has 1 unspecified atom stereocenters. The molecule has 1 heterocycles. The predicted molar refractivity (Wildman–Crippen MR) is 86.5 cm³/mol. The third-order valence-corrected chi connectivity index (χ3v) is 4.07. The third-order valence-electron chi connectivity index (χ3n) is 4.07. The summed E-state index contributed by atoms with van der Waals surface area (Å²) in [6.45, 7) is 0. The van der Waals surface area contributed by atoms with E-state index in [2.05, 4.69) is 27.1 Å². The minimum absolute atomic E-state index is 0.165. The van der Waals surface area contributed by atoms with Crippen molar-refractivity contribution in [1.29, 1.82) is 0 Å². The number of H-pyrrole nitrogens is 1. The van der Waals surface area contributed by atoms with E-state index in [9.17, 15) is 14.3 Å². The summed E-state index contributed by atoms with van der Waals surface area (Å²) in [5.41, 5.74) is -0.279. The largest absolute Gasteiger partial charge is 0.378 e. The Bertz CT molecular complexity index is 779. The van der Waals surface area contributed by atoms with Crippen molar-refractivity contribution in [2.24, 2.45) is 0 Å². The Morgan fingerprint density at radius 3 is 3.12 bits per heavy atom. The van der Waals surface area contributed by atoms with Crippen LogP contribution in [-0.2, 0) is 0 Å². The van der Waals surface area contributed by atoms with Crippen molar-refractivity contribution in [3.8, 4) is 11.8 Å². The summed E-state index contributed by atoms with van der Waals surface area (Å²) in [5, 5.41) is 13.6. The van der Waals surface area contributed by atoms with Crippen LogP contribution in [0.4, 0.5) is 4.39 Å². The molecule has 1 aliphatic rings. The van der Waals surface area contributed by atoms with Crippen molar-refractivity contribution >= 4 is 5.91 Å². The van der Waals surface area contributed by atoms with Gasteiger partial charge in [-0.25, -0.2) is 9.37 Å². The van der Waals surface area contributed by atoms with Crippen LogP contribution >= 0.6 is 0 Å². The van der Waals surface area contributed by atoms with Crippen LogP contribution in [0.1, 0.15) is 41.7 Å². The highest BCUT2D eigenvalue weighted by molar-refractivity contribution is 5.92. The number of aromatic nitrogens is 2. The maximum Gasteiger partial charge on any atom is 0.269 e. The van der Waals surface area contributed by atoms with Crippen molar-refractivity contribution in [2.75, 3.05) is 0 Å². The van der Waals surface area contributed by atoms with Gasteiger partial charge in [0.2, 0.25) is 0 Å². The average Bonchev–Trinajstić information content (AvgIpc) is 3.08. The number of nitrogens with zero attached hydrogens (tertiary/aromatic N) is 1. The Kier molecular flexibility index (Phi) is 4.63. The van der Waals surface area contributed by atoms with Crippen molar-refractivity contribution in [2.45, 2.75) is 37.3 Å². The third kappa shape index (κ3) is 4.00. The van der Waals surface area contributed by atoms with Gasteiger partial charge in [-0.2, -0.15) is 0 Å². The summed E-state index contributed by atoms with van der Waals surface area (Å²) in [4.78, 5) is 18.6. The first-order valence-electron chi connectivity index (χ1n) is 7.84. The van der Waals surface area contributed by atoms with E-state index >= 15 is 0 Å². The van der Waals surface area contributed by atoms with Crippen LogP contribution in [0, 0.1) is 17.7 Å². The monoisotopic (exact) mass is 327 g/mol. The molecule has 124 valence electrons. The molecule has 24 heavy (non-hydrogen) atoms. The van der Waals surface area contributed by atoms with Gasteiger partial charge >= 0.3 is 0 Å². The molecule has 1 aromatic carbocycles. The maximum absolute atomic E-state index is 13.2. The van der Waals surface area contributed by atoms with Gasteiger partial charge in [0.05, 0.1) is 12.5 Å². The average molecular weight is 327 g/mol. The Balaban J connectivity index is 1.67. The van der Waals surface area contributed by atoms with Gasteiger partial charge in [0.1, 0.15) is 17.1 Å². The van der Waals surface area contributed by atoms with Crippen molar-refractivity contribution in [3.05, 3.63) is 53.9 Å². The number of halogens is 1. The zero-order valence-electron chi connectivity index (χ0n) is 13.1. The fourth-order valence-electron chi connectivity index (χ4n) is 2.89. The lowest BCUT2D eigenvalue weighted by atomic mass is 9.82. The van der Waals surface area contributed by atoms with E-state index in [1.807, 2.05) is 0 Å². The Morgan fingerprint density at radius 1 is 1.50 bits per heavy atom. The van der Waals surface area contributed by atoms with Crippen LogP contribution in [0.3, 0.4) is 0 Å². The summed E-state index contributed by atoms with van der Waals surface area (Å²) in [5.74, 6) is 5.07. The van der Waals surface area contributed by atoms with E-state index in [0.29, 0.717) is 24.1 Å². The van der Waals surface area contributed by atoms with E-state index in [-0.39, 0.29) is 17.8 Å². The molecule has 0 bridgehead atoms. The maximum atomic E-state index is 13.2. The molecular formula is C18H18FN3O2. The lowest BCUT2D eigenvalue weighted by Gasteiger charge is -2.33. The highest BCUT2D eigenvalue weighted by Gasteiger charge is 2.33. The molecule has 1 saturated carbocycles. The molecule has 0 radical (unpaired) electrons. The minimum Gasteiger partial charge on any atom is -0.378 e. The molecule has 0 saturated heterocycles. The molecular weight excluding hydrogens is 309 g/mol. The quantitative estimate of drug-likeness (QED) is 0.738. The molecule has 1 aliphatic carbocycles. The SMILES string of the molecule is O=C(N[C@@H]1CCCC(O)(C#Cc2cccc(F)c2)C1)c1cnc[nH]1. The van der Waals surface area contributed by atoms with Gasteiger partial charge in [0.25, 0.3) is 5.91 Å². The zero-order valence-corrected chi connectivity index (χ0v) is 13.1. The van der Waals surface area contributed by atoms with Crippen LogP contribution in [0.15, 0.2) is 36.8 Å². The number of carbonyl (C=O) groups excluding carboxylic acids is 1. The van der Waals surface area contributed by atoms with Crippen LogP contribution < -0.4 is 5.32 Å². The highest BCUT2D eigenvalue weighted by atomic mass is 19.1. The molecule has 0 spiro atoms. The lowest BCUT2D eigenvalue weighted by molar-refractivity contribution is 0.0451. The van der Waals surface area contributed by atoms with Gasteiger partial charge in [-0.3, -0.25) is 4.79 Å². The minimum atomic E-state index is -1.18. The number of amides is 1. The summed E-state index contributed by atoms with van der Waals surface area (Å²) in [6, 6.07) is 5.79. The van der Waals surface area contributed by atoms with Crippen LogP contribution in [-0.4, -0.2) is 32.6 Å². The molecule has 2 aromatic rings. The van der Waals surface area contributed by atoms with E-state index in [0.717, 1.165) is 12.8 Å². The number of aromatic amines is 1. The first-order chi connectivity index (χ1) is 11.5. The van der Waals surface area contributed by atoms with Crippen LogP contribution in [0.25, 0.3) is 0 Å². The van der Waals surface area contributed by atoms with E-state index < -0.39 is 5.60 Å². The fraction of sp³-hybridized carbons (Fsp3) is 0.333. The second-order valence-corrected chi connectivity index (χ2v) is 6.02. The van der Waals surface area contributed by atoms with Crippen molar-refractivity contribution in [3.63, 3.8) is 0 Å². The van der Waals surface area contributed by atoms with Gasteiger partial charge in [-0.15, -0.1) is 0 Å². The predicted octanol–water partition coefficient (Wildman–Crippen LogP) is 2.00. The molecule has 1 fully saturated rings. The Hall–Kier alpha value is -2.65. The zero-order chi connectivity index (χ0) is 17.0. The number of hydrogen-bond acceptors (Lipinski definition) is 3. The Morgan fingerprint density at radius 2 is 2.38 bits per heavy atom. The van der Waals surface area contributed by atoms with Crippen molar-refractivity contribution < 1.29 is 14.3 Å². The van der Waals surface area contributed by atoms with Gasteiger partial charge in [0, 0.05) is 18.0 Å². The molecule has 1 amide bonds. The number of hydrogen-bond donors (Lipinski definition) is 3. The van der Waals surface area contributed by atoms with Crippen molar-refractivity contribution in [1.82, 2.24) is 15.3 Å². The second kappa shape index (κ2) is 6.85. The molecule has 2 atom stereocenters. The van der Waals surface area contributed by atoms with E-state index in [1.54, 1.807) is 12.1 Å². The Labute approximate surface area is 139 Å². The highest BCUT2D eigenvalue weighted by Crippen LogP contribution is 2.28. The van der Waals surface area contributed by atoms with Gasteiger partial charge in [-0.1, -0.05) is 17.9 Å².